The molecule has 1 unspecified atom stereocenters. The van der Waals surface area contributed by atoms with Crippen molar-refractivity contribution >= 4 is 0 Å². The van der Waals surface area contributed by atoms with Crippen LogP contribution in [-0.2, 0) is 12.8 Å². The number of phenols is 9. The number of aliphatic hydroxyl groups is 2. The fraction of sp³-hybridized carbons (Fsp3) is 0.200. The minimum Gasteiger partial charge on any atom is -0.508 e. The van der Waals surface area contributed by atoms with Gasteiger partial charge < -0.3 is 60.9 Å². The molecule has 1 aliphatic heterocycles. The zero-order chi connectivity index (χ0) is 30.5. The summed E-state index contributed by atoms with van der Waals surface area (Å²) in [6.45, 7) is 0. The largest absolute Gasteiger partial charge is 0.508 e. The minimum atomic E-state index is -1.58. The number of aromatic hydroxyl groups is 9. The minimum absolute atomic E-state index is 0.0741. The highest BCUT2D eigenvalue weighted by molar-refractivity contribution is 5.62. The highest BCUT2D eigenvalue weighted by Gasteiger charge is 2.39. The lowest BCUT2D eigenvalue weighted by Crippen LogP contribution is -2.32. The highest BCUT2D eigenvalue weighted by Crippen LogP contribution is 2.51. The van der Waals surface area contributed by atoms with Gasteiger partial charge in [-0.05, 0) is 35.4 Å². The molecule has 12 nitrogen and oxygen atoms in total. The van der Waals surface area contributed by atoms with Crippen molar-refractivity contribution in [3.63, 3.8) is 0 Å². The van der Waals surface area contributed by atoms with E-state index in [-0.39, 0.29) is 40.0 Å². The summed E-state index contributed by atoms with van der Waals surface area (Å²) in [5.74, 6) is -5.79. The van der Waals surface area contributed by atoms with E-state index < -0.39 is 82.4 Å². The van der Waals surface area contributed by atoms with Crippen LogP contribution in [0.25, 0.3) is 0 Å². The Hall–Kier alpha value is -5.20. The van der Waals surface area contributed by atoms with Crippen molar-refractivity contribution < 1.29 is 60.9 Å². The average Bonchev–Trinajstić information content (AvgIpc) is 2.91. The summed E-state index contributed by atoms with van der Waals surface area (Å²) in [6, 6.07) is 10.3. The molecule has 12 heteroatoms. The van der Waals surface area contributed by atoms with Crippen LogP contribution in [0, 0.1) is 0 Å². The molecule has 4 aromatic rings. The number of aliphatic hydroxyl groups excluding tert-OH is 2. The number of rotatable bonds is 6. The predicted octanol–water partition coefficient (Wildman–Crippen LogP) is 2.81. The second-order valence-electron chi connectivity index (χ2n) is 10.2. The van der Waals surface area contributed by atoms with Crippen molar-refractivity contribution in [1.82, 2.24) is 0 Å². The summed E-state index contributed by atoms with van der Waals surface area (Å²) in [7, 11) is 0. The van der Waals surface area contributed by atoms with E-state index in [9.17, 15) is 56.2 Å². The second-order valence-corrected chi connectivity index (χ2v) is 10.2. The number of phenolic OH excluding ortho intramolecular Hbond substituents is 9. The van der Waals surface area contributed by atoms with Crippen LogP contribution < -0.4 is 4.74 Å². The van der Waals surface area contributed by atoms with Gasteiger partial charge in [-0.1, -0.05) is 12.1 Å². The van der Waals surface area contributed by atoms with E-state index in [0.29, 0.717) is 0 Å². The molecule has 220 valence electrons. The molecule has 0 amide bonds. The Bertz CT molecular complexity index is 1640. The fourth-order valence-corrected chi connectivity index (χ4v) is 5.33. The molecule has 0 aliphatic carbocycles. The van der Waals surface area contributed by atoms with Crippen molar-refractivity contribution in [2.45, 2.75) is 37.1 Å². The van der Waals surface area contributed by atoms with Gasteiger partial charge >= 0.3 is 0 Å². The van der Waals surface area contributed by atoms with E-state index in [4.69, 9.17) is 4.74 Å². The first-order valence-corrected chi connectivity index (χ1v) is 12.7. The molecule has 5 rings (SSSR count). The standard InChI is InChI=1S/C30H28O12/c31-14-7-19(34)15(20(35)8-14)9-24(39)27(12-1-3-17(32)22(37)5-12)28-25(40)11-21(36)16-10-26(41)29(42-30(16)28)13-2-4-18(33)23(38)6-13/h1-8,11,24,26-27,29,31-41H,9-10H2/t24-,26-,27?,29+/m0/s1. The van der Waals surface area contributed by atoms with Gasteiger partial charge in [0.1, 0.15) is 40.6 Å². The fourth-order valence-electron chi connectivity index (χ4n) is 5.33. The number of ether oxygens (including phenoxy) is 1. The smallest absolute Gasteiger partial charge is 0.157 e. The Morgan fingerprint density at radius 2 is 1.29 bits per heavy atom. The van der Waals surface area contributed by atoms with Crippen LogP contribution in [0.3, 0.4) is 0 Å². The van der Waals surface area contributed by atoms with Gasteiger partial charge in [0.05, 0.1) is 12.2 Å². The van der Waals surface area contributed by atoms with Gasteiger partial charge in [-0.25, -0.2) is 0 Å². The van der Waals surface area contributed by atoms with E-state index in [1.165, 1.54) is 24.3 Å². The molecule has 0 fully saturated rings. The Balaban J connectivity index is 1.68. The Morgan fingerprint density at radius 3 is 1.90 bits per heavy atom. The molecule has 4 atom stereocenters. The molecule has 11 N–H and O–H groups in total. The number of benzene rings is 4. The third kappa shape index (κ3) is 5.04. The summed E-state index contributed by atoms with van der Waals surface area (Å²) in [5.41, 5.74) is 0.222. The lowest BCUT2D eigenvalue weighted by molar-refractivity contribution is 0.0181. The molecule has 4 aromatic carbocycles. The van der Waals surface area contributed by atoms with Gasteiger partial charge in [-0.15, -0.1) is 0 Å². The van der Waals surface area contributed by atoms with Crippen LogP contribution >= 0.6 is 0 Å². The summed E-state index contributed by atoms with van der Waals surface area (Å²) in [4.78, 5) is 0. The van der Waals surface area contributed by atoms with Crippen LogP contribution in [0.5, 0.6) is 57.5 Å². The van der Waals surface area contributed by atoms with Crippen molar-refractivity contribution in [1.29, 1.82) is 0 Å². The van der Waals surface area contributed by atoms with Crippen molar-refractivity contribution in [2.75, 3.05) is 0 Å². The lowest BCUT2D eigenvalue weighted by Gasteiger charge is -2.35. The van der Waals surface area contributed by atoms with Gasteiger partial charge in [0, 0.05) is 53.6 Å². The van der Waals surface area contributed by atoms with Crippen LogP contribution in [0.2, 0.25) is 0 Å². The molecule has 0 saturated carbocycles. The second kappa shape index (κ2) is 10.7. The SMILES string of the molecule is Oc1cc(O)c(C[C@H](O)C(c2ccc(O)c(O)c2)c2c(O)cc(O)c3c2O[C@H](c2ccc(O)c(O)c2)[C@@H](O)C3)c(O)c1. The summed E-state index contributed by atoms with van der Waals surface area (Å²) in [5, 5.41) is 115. The van der Waals surface area contributed by atoms with Crippen molar-refractivity contribution in [3.05, 3.63) is 82.4 Å². The Morgan fingerprint density at radius 1 is 0.667 bits per heavy atom. The highest BCUT2D eigenvalue weighted by atomic mass is 16.5. The van der Waals surface area contributed by atoms with Gasteiger partial charge in [-0.2, -0.15) is 0 Å². The van der Waals surface area contributed by atoms with E-state index in [0.717, 1.165) is 30.3 Å². The molecular formula is C30H28O12. The van der Waals surface area contributed by atoms with Gasteiger partial charge in [0.15, 0.2) is 23.0 Å². The van der Waals surface area contributed by atoms with E-state index in [1.54, 1.807) is 0 Å². The van der Waals surface area contributed by atoms with E-state index in [1.807, 2.05) is 0 Å². The van der Waals surface area contributed by atoms with Crippen LogP contribution in [-0.4, -0.2) is 68.4 Å². The molecule has 42 heavy (non-hydrogen) atoms. The van der Waals surface area contributed by atoms with Gasteiger partial charge in [-0.3, -0.25) is 0 Å². The molecular weight excluding hydrogens is 552 g/mol. The number of hydrogen-bond donors (Lipinski definition) is 11. The normalized spacial score (nSPS) is 17.7. The molecule has 0 aromatic heterocycles. The molecule has 1 aliphatic rings. The van der Waals surface area contributed by atoms with Gasteiger partial charge in [0.2, 0.25) is 0 Å². The Kier molecular flexibility index (Phi) is 7.19. The van der Waals surface area contributed by atoms with E-state index >= 15 is 0 Å². The first-order chi connectivity index (χ1) is 19.8. The van der Waals surface area contributed by atoms with Crippen LogP contribution in [0.4, 0.5) is 0 Å². The average molecular weight is 581 g/mol. The topological polar surface area (TPSA) is 232 Å². The molecule has 1 heterocycles. The molecule has 0 spiro atoms. The molecule has 0 bridgehead atoms. The molecule has 0 saturated heterocycles. The summed E-state index contributed by atoms with van der Waals surface area (Å²) < 4.78 is 6.12. The zero-order valence-corrected chi connectivity index (χ0v) is 21.7. The zero-order valence-electron chi connectivity index (χ0n) is 21.7. The Labute approximate surface area is 238 Å². The third-order valence-electron chi connectivity index (χ3n) is 7.37. The predicted molar refractivity (Wildman–Crippen MR) is 145 cm³/mol. The quantitative estimate of drug-likeness (QED) is 0.148. The van der Waals surface area contributed by atoms with Gasteiger partial charge in [0.25, 0.3) is 0 Å². The number of hydrogen-bond acceptors (Lipinski definition) is 12. The monoisotopic (exact) mass is 580 g/mol. The number of fused-ring (bicyclic) bond motifs is 1. The molecule has 0 radical (unpaired) electrons. The lowest BCUT2D eigenvalue weighted by atomic mass is 9.80. The maximum atomic E-state index is 11.6. The van der Waals surface area contributed by atoms with Crippen LogP contribution in [0.15, 0.2) is 54.6 Å². The van der Waals surface area contributed by atoms with Crippen molar-refractivity contribution in [2.24, 2.45) is 0 Å². The maximum Gasteiger partial charge on any atom is 0.157 e. The third-order valence-corrected chi connectivity index (χ3v) is 7.37. The first-order valence-electron chi connectivity index (χ1n) is 12.7. The van der Waals surface area contributed by atoms with Crippen LogP contribution in [0.1, 0.15) is 39.8 Å². The van der Waals surface area contributed by atoms with Crippen molar-refractivity contribution in [3.8, 4) is 57.5 Å². The summed E-state index contributed by atoms with van der Waals surface area (Å²) >= 11 is 0. The maximum absolute atomic E-state index is 11.6. The summed E-state index contributed by atoms with van der Waals surface area (Å²) in [6.07, 6.45) is -4.64. The first kappa shape index (κ1) is 28.3. The van der Waals surface area contributed by atoms with E-state index in [2.05, 4.69) is 0 Å².